The van der Waals surface area contributed by atoms with Gasteiger partial charge < -0.3 is 10.4 Å². The number of nitrogens with one attached hydrogen (secondary N) is 1. The molecule has 0 amide bonds. The molecule has 1 aromatic rings. The Kier molecular flexibility index (Phi) is 5.30. The number of carboxylic acid groups (broad SMARTS) is 1. The van der Waals surface area contributed by atoms with E-state index < -0.39 is 23.3 Å². The van der Waals surface area contributed by atoms with Crippen LogP contribution in [0.4, 0.5) is 5.82 Å². The number of unbranched alkanes of at least 4 members (excludes halogenated alkanes) is 1. The summed E-state index contributed by atoms with van der Waals surface area (Å²) in [5.74, 6) is -1.16. The summed E-state index contributed by atoms with van der Waals surface area (Å²) in [6, 6.07) is 0.761. The molecular formula is C13H18N4O4. The van der Waals surface area contributed by atoms with Crippen molar-refractivity contribution < 1.29 is 9.90 Å². The third-order valence-corrected chi connectivity index (χ3v) is 3.23. The quantitative estimate of drug-likeness (QED) is 0.763. The van der Waals surface area contributed by atoms with Crippen LogP contribution in [0.15, 0.2) is 9.59 Å². The monoisotopic (exact) mass is 294 g/mol. The van der Waals surface area contributed by atoms with E-state index in [1.807, 2.05) is 6.92 Å². The molecule has 0 aliphatic heterocycles. The van der Waals surface area contributed by atoms with Crippen LogP contribution in [0.2, 0.25) is 0 Å². The fourth-order valence-electron chi connectivity index (χ4n) is 1.94. The van der Waals surface area contributed by atoms with E-state index >= 15 is 0 Å². The summed E-state index contributed by atoms with van der Waals surface area (Å²) in [6.45, 7) is 1.92. The second-order valence-corrected chi connectivity index (χ2v) is 4.72. The van der Waals surface area contributed by atoms with Crippen molar-refractivity contribution in [2.75, 3.05) is 5.32 Å². The average molecular weight is 294 g/mol. The predicted octanol–water partition coefficient (Wildman–Crippen LogP) is 0.0110. The summed E-state index contributed by atoms with van der Waals surface area (Å²) >= 11 is 0. The number of aromatic nitrogens is 2. The van der Waals surface area contributed by atoms with Gasteiger partial charge in [-0.2, -0.15) is 5.26 Å². The molecule has 8 nitrogen and oxygen atoms in total. The fourth-order valence-corrected chi connectivity index (χ4v) is 1.94. The van der Waals surface area contributed by atoms with Gasteiger partial charge >= 0.3 is 11.7 Å². The molecule has 8 heteroatoms. The largest absolute Gasteiger partial charge is 0.480 e. The summed E-state index contributed by atoms with van der Waals surface area (Å²) in [7, 11) is 2.64. The topological polar surface area (TPSA) is 117 Å². The van der Waals surface area contributed by atoms with Crippen LogP contribution in [0.5, 0.6) is 0 Å². The van der Waals surface area contributed by atoms with E-state index in [4.69, 9.17) is 5.26 Å². The summed E-state index contributed by atoms with van der Waals surface area (Å²) in [4.78, 5) is 35.0. The maximum Gasteiger partial charge on any atom is 0.332 e. The molecule has 0 radical (unpaired) electrons. The van der Waals surface area contributed by atoms with Crippen LogP contribution in [0.1, 0.15) is 31.7 Å². The van der Waals surface area contributed by atoms with Crippen LogP contribution in [0.25, 0.3) is 0 Å². The molecule has 114 valence electrons. The van der Waals surface area contributed by atoms with Gasteiger partial charge in [-0.25, -0.2) is 9.59 Å². The van der Waals surface area contributed by atoms with Crippen LogP contribution in [-0.4, -0.2) is 26.3 Å². The first-order valence-corrected chi connectivity index (χ1v) is 6.54. The zero-order valence-electron chi connectivity index (χ0n) is 12.2. The maximum absolute atomic E-state index is 11.9. The lowest BCUT2D eigenvalue weighted by atomic mass is 10.1. The van der Waals surface area contributed by atoms with Crippen LogP contribution in [0.3, 0.4) is 0 Å². The number of hydrogen-bond acceptors (Lipinski definition) is 5. The van der Waals surface area contributed by atoms with Gasteiger partial charge in [-0.1, -0.05) is 19.8 Å². The van der Waals surface area contributed by atoms with Crippen molar-refractivity contribution >= 4 is 11.8 Å². The van der Waals surface area contributed by atoms with Gasteiger partial charge in [0.15, 0.2) is 5.56 Å². The molecule has 1 heterocycles. The van der Waals surface area contributed by atoms with Gasteiger partial charge in [-0.05, 0) is 6.42 Å². The summed E-state index contributed by atoms with van der Waals surface area (Å²) in [6.07, 6.45) is 1.82. The van der Waals surface area contributed by atoms with Crippen LogP contribution >= 0.6 is 0 Å². The molecule has 0 bridgehead atoms. The Morgan fingerprint density at radius 3 is 2.48 bits per heavy atom. The molecular weight excluding hydrogens is 276 g/mol. The molecule has 21 heavy (non-hydrogen) atoms. The Bertz CT molecular complexity index is 696. The molecule has 1 atom stereocenters. The Balaban J connectivity index is 3.36. The van der Waals surface area contributed by atoms with E-state index in [9.17, 15) is 19.5 Å². The fraction of sp³-hybridized carbons (Fsp3) is 0.538. The van der Waals surface area contributed by atoms with Gasteiger partial charge in [0.2, 0.25) is 0 Å². The first kappa shape index (κ1) is 16.5. The van der Waals surface area contributed by atoms with Crippen LogP contribution in [-0.2, 0) is 18.9 Å². The number of hydrogen-bond donors (Lipinski definition) is 2. The Labute approximate surface area is 121 Å². The van der Waals surface area contributed by atoms with E-state index in [1.54, 1.807) is 6.07 Å². The standard InChI is InChI=1S/C13H18N4O4/c1-4-5-6-9(12(19)20)15-10-8(7-14)11(18)17(3)13(21)16(10)2/h9,15H,4-6H2,1-3H3,(H,19,20)/t9-/m0/s1. The number of anilines is 1. The van der Waals surface area contributed by atoms with Gasteiger partial charge in [-0.3, -0.25) is 13.9 Å². The summed E-state index contributed by atoms with van der Waals surface area (Å²) in [5, 5.41) is 20.9. The molecule has 0 saturated carbocycles. The molecule has 1 aromatic heterocycles. The average Bonchev–Trinajstić information content (AvgIpc) is 2.46. The minimum Gasteiger partial charge on any atom is -0.480 e. The van der Waals surface area contributed by atoms with E-state index in [1.165, 1.54) is 14.1 Å². The van der Waals surface area contributed by atoms with Crippen LogP contribution < -0.4 is 16.6 Å². The molecule has 0 unspecified atom stereocenters. The number of carboxylic acids is 1. The Hall–Kier alpha value is -2.56. The molecule has 0 aliphatic carbocycles. The third-order valence-electron chi connectivity index (χ3n) is 3.23. The highest BCUT2D eigenvalue weighted by atomic mass is 16.4. The number of nitrogens with zero attached hydrogens (tertiary/aromatic N) is 3. The van der Waals surface area contributed by atoms with Crippen molar-refractivity contribution in [1.29, 1.82) is 5.26 Å². The first-order chi connectivity index (χ1) is 9.84. The number of nitriles is 1. The number of rotatable bonds is 6. The molecule has 0 aliphatic rings. The summed E-state index contributed by atoms with van der Waals surface area (Å²) < 4.78 is 1.88. The van der Waals surface area contributed by atoms with Crippen LogP contribution in [0, 0.1) is 11.3 Å². The lowest BCUT2D eigenvalue weighted by molar-refractivity contribution is -0.138. The zero-order chi connectivity index (χ0) is 16.2. The summed E-state index contributed by atoms with van der Waals surface area (Å²) in [5.41, 5.74) is -1.65. The smallest absolute Gasteiger partial charge is 0.332 e. The molecule has 1 rings (SSSR count). The SMILES string of the molecule is CCCC[C@H](Nc1c(C#N)c(=O)n(C)c(=O)n1C)C(=O)O. The highest BCUT2D eigenvalue weighted by Gasteiger charge is 2.22. The highest BCUT2D eigenvalue weighted by molar-refractivity contribution is 5.77. The lowest BCUT2D eigenvalue weighted by Gasteiger charge is -2.19. The van der Waals surface area contributed by atoms with E-state index in [2.05, 4.69) is 5.32 Å². The van der Waals surface area contributed by atoms with Crippen molar-refractivity contribution in [3.05, 3.63) is 26.4 Å². The van der Waals surface area contributed by atoms with E-state index in [0.29, 0.717) is 12.8 Å². The number of aliphatic carboxylic acids is 1. The Morgan fingerprint density at radius 2 is 2.00 bits per heavy atom. The normalized spacial score (nSPS) is 11.7. The van der Waals surface area contributed by atoms with Gasteiger partial charge in [0, 0.05) is 14.1 Å². The molecule has 0 fully saturated rings. The highest BCUT2D eigenvalue weighted by Crippen LogP contribution is 2.12. The molecule has 0 aromatic carbocycles. The molecule has 0 spiro atoms. The van der Waals surface area contributed by atoms with Gasteiger partial charge in [0.25, 0.3) is 5.56 Å². The van der Waals surface area contributed by atoms with Gasteiger partial charge in [0.1, 0.15) is 17.9 Å². The van der Waals surface area contributed by atoms with Crippen molar-refractivity contribution in [1.82, 2.24) is 9.13 Å². The maximum atomic E-state index is 11.9. The zero-order valence-corrected chi connectivity index (χ0v) is 12.2. The van der Waals surface area contributed by atoms with E-state index in [-0.39, 0.29) is 11.4 Å². The minimum atomic E-state index is -1.10. The van der Waals surface area contributed by atoms with Crippen molar-refractivity contribution in [2.24, 2.45) is 14.1 Å². The molecule has 2 N–H and O–H groups in total. The second-order valence-electron chi connectivity index (χ2n) is 4.72. The van der Waals surface area contributed by atoms with Gasteiger partial charge in [-0.15, -0.1) is 0 Å². The van der Waals surface area contributed by atoms with Crippen molar-refractivity contribution in [3.63, 3.8) is 0 Å². The minimum absolute atomic E-state index is 0.0610. The van der Waals surface area contributed by atoms with E-state index in [0.717, 1.165) is 15.6 Å². The predicted molar refractivity (Wildman–Crippen MR) is 76.2 cm³/mol. The van der Waals surface area contributed by atoms with Crippen molar-refractivity contribution in [2.45, 2.75) is 32.2 Å². The van der Waals surface area contributed by atoms with Crippen molar-refractivity contribution in [3.8, 4) is 6.07 Å². The Morgan fingerprint density at radius 1 is 1.38 bits per heavy atom. The lowest BCUT2D eigenvalue weighted by Crippen LogP contribution is -2.42. The number of carbonyl (C=O) groups is 1. The first-order valence-electron chi connectivity index (χ1n) is 6.54. The second kappa shape index (κ2) is 6.74. The third kappa shape index (κ3) is 3.31. The van der Waals surface area contributed by atoms with Gasteiger partial charge in [0.05, 0.1) is 0 Å². The molecule has 0 saturated heterocycles.